The Balaban J connectivity index is 2.83. The molecular formula is C52H100N4O4. The molecule has 8 heteroatoms. The molecule has 352 valence electrons. The lowest BCUT2D eigenvalue weighted by atomic mass is 9.71. The van der Waals surface area contributed by atoms with Gasteiger partial charge in [-0.05, 0) is 127 Å². The van der Waals surface area contributed by atoms with Crippen molar-refractivity contribution in [2.75, 3.05) is 20.1 Å². The molecule has 0 aliphatic carbocycles. The predicted molar refractivity (Wildman–Crippen MR) is 256 cm³/mol. The zero-order valence-corrected chi connectivity index (χ0v) is 43.5. The predicted octanol–water partition coefficient (Wildman–Crippen LogP) is 12.0. The van der Waals surface area contributed by atoms with Crippen molar-refractivity contribution in [2.24, 2.45) is 16.2 Å². The number of carbonyl (C=O) groups is 4. The average molecular weight is 845 g/mol. The summed E-state index contributed by atoms with van der Waals surface area (Å²) in [6.45, 7) is 41.5. The molecule has 8 nitrogen and oxygen atoms in total. The SMILES string of the molecule is CN(CCC[C@](C)(NC(C)(C)C)C(=O)C(C)(C)C)C(=O)CCCCCCCC(CCCCCC[C@@]1(C(=O)C(C)(C)C)CCCN1C(C)(C)C)(NC(C)(C)C)C(=O)C(C)(C)C. The van der Waals surface area contributed by atoms with E-state index in [1.165, 1.54) is 0 Å². The van der Waals surface area contributed by atoms with E-state index in [1.807, 2.05) is 39.6 Å². The van der Waals surface area contributed by atoms with Crippen LogP contribution in [0.1, 0.15) is 241 Å². The number of amides is 1. The third-order valence-electron chi connectivity index (χ3n) is 12.5. The molecule has 1 unspecified atom stereocenters. The molecule has 0 radical (unpaired) electrons. The molecule has 0 saturated carbocycles. The van der Waals surface area contributed by atoms with Crippen molar-refractivity contribution in [3.05, 3.63) is 0 Å². The summed E-state index contributed by atoms with van der Waals surface area (Å²) in [5.41, 5.74) is -3.40. The lowest BCUT2D eigenvalue weighted by molar-refractivity contribution is -0.141. The normalized spacial score (nSPS) is 19.5. The van der Waals surface area contributed by atoms with Crippen molar-refractivity contribution < 1.29 is 19.2 Å². The van der Waals surface area contributed by atoms with Crippen LogP contribution in [0.25, 0.3) is 0 Å². The van der Waals surface area contributed by atoms with Gasteiger partial charge in [-0.3, -0.25) is 24.1 Å². The van der Waals surface area contributed by atoms with Crippen LogP contribution in [0.3, 0.4) is 0 Å². The van der Waals surface area contributed by atoms with Gasteiger partial charge in [0.2, 0.25) is 5.91 Å². The van der Waals surface area contributed by atoms with Gasteiger partial charge in [0.15, 0.2) is 17.3 Å². The van der Waals surface area contributed by atoms with Gasteiger partial charge in [0.05, 0.1) is 16.6 Å². The maximum absolute atomic E-state index is 14.4. The Bertz CT molecular complexity index is 1380. The van der Waals surface area contributed by atoms with Crippen molar-refractivity contribution in [1.82, 2.24) is 20.4 Å². The third kappa shape index (κ3) is 17.9. The van der Waals surface area contributed by atoms with Crippen molar-refractivity contribution in [2.45, 2.75) is 274 Å². The highest BCUT2D eigenvalue weighted by molar-refractivity contribution is 5.94. The molecule has 1 heterocycles. The largest absolute Gasteiger partial charge is 0.346 e. The van der Waals surface area contributed by atoms with E-state index < -0.39 is 21.9 Å². The van der Waals surface area contributed by atoms with Gasteiger partial charge in [0.25, 0.3) is 0 Å². The van der Waals surface area contributed by atoms with Crippen molar-refractivity contribution in [1.29, 1.82) is 0 Å². The van der Waals surface area contributed by atoms with E-state index in [1.54, 1.807) is 0 Å². The molecule has 1 aliphatic rings. The minimum Gasteiger partial charge on any atom is -0.346 e. The van der Waals surface area contributed by atoms with Crippen LogP contribution in [0.2, 0.25) is 0 Å². The number of nitrogens with one attached hydrogen (secondary N) is 2. The van der Waals surface area contributed by atoms with Gasteiger partial charge < -0.3 is 15.5 Å². The van der Waals surface area contributed by atoms with Crippen molar-refractivity contribution >= 4 is 23.3 Å². The van der Waals surface area contributed by atoms with Gasteiger partial charge in [-0.25, -0.2) is 0 Å². The molecule has 0 bridgehead atoms. The lowest BCUT2D eigenvalue weighted by Crippen LogP contribution is -2.61. The first-order valence-electron chi connectivity index (χ1n) is 24.2. The number of hydrogen-bond donors (Lipinski definition) is 2. The molecule has 1 rings (SSSR count). The number of rotatable bonds is 24. The Kier molecular flexibility index (Phi) is 20.5. The monoisotopic (exact) mass is 845 g/mol. The quantitative estimate of drug-likeness (QED) is 0.0934. The van der Waals surface area contributed by atoms with Crippen molar-refractivity contribution in [3.63, 3.8) is 0 Å². The summed E-state index contributed by atoms with van der Waals surface area (Å²) in [6, 6.07) is 0. The standard InChI is InChI=1S/C52H100N4O4/c1-44(2,3)41(58)50(19,53-47(10,11)12)33-30-38-55(20)40(57)32-26-22-21-23-27-34-51(54-48(13,14)15,42(59)45(4,5)6)35-28-24-25-29-36-52(43(60)46(7,8)9)37-31-39-56(52)49(16,17)18/h53-54H,21-39H2,1-20H3/t50-,51?,52-/m0/s1. The Labute approximate surface area is 372 Å². The zero-order valence-electron chi connectivity index (χ0n) is 43.5. The van der Waals surface area contributed by atoms with E-state index >= 15 is 0 Å². The van der Waals surface area contributed by atoms with E-state index in [4.69, 9.17) is 0 Å². The Hall–Kier alpha value is -1.64. The van der Waals surface area contributed by atoms with Crippen LogP contribution < -0.4 is 10.6 Å². The number of carbonyl (C=O) groups excluding carboxylic acids is 4. The summed E-state index contributed by atoms with van der Waals surface area (Å²) in [5, 5.41) is 7.46. The first-order valence-corrected chi connectivity index (χ1v) is 24.2. The second kappa shape index (κ2) is 21.8. The van der Waals surface area contributed by atoms with Crippen LogP contribution in [-0.4, -0.2) is 86.4 Å². The molecule has 2 N–H and O–H groups in total. The molecule has 1 aliphatic heterocycles. The summed E-state index contributed by atoms with van der Waals surface area (Å²) in [7, 11) is 1.89. The summed E-state index contributed by atoms with van der Waals surface area (Å²) in [4.78, 5) is 59.3. The Morgan fingerprint density at radius 1 is 0.550 bits per heavy atom. The minimum atomic E-state index is -0.653. The maximum atomic E-state index is 14.4. The van der Waals surface area contributed by atoms with Crippen LogP contribution in [0, 0.1) is 16.2 Å². The Morgan fingerprint density at radius 3 is 1.47 bits per heavy atom. The van der Waals surface area contributed by atoms with Gasteiger partial charge in [-0.2, -0.15) is 0 Å². The number of Topliss-reactive ketones (excluding diaryl/α,β-unsaturated/α-hetero) is 3. The van der Waals surface area contributed by atoms with E-state index in [0.717, 1.165) is 103 Å². The lowest BCUT2D eigenvalue weighted by Gasteiger charge is -2.48. The molecule has 60 heavy (non-hydrogen) atoms. The summed E-state index contributed by atoms with van der Waals surface area (Å²) in [6.07, 6.45) is 15.5. The first-order chi connectivity index (χ1) is 26.9. The molecule has 0 aromatic heterocycles. The highest BCUT2D eigenvalue weighted by Gasteiger charge is 2.53. The van der Waals surface area contributed by atoms with Crippen LogP contribution in [-0.2, 0) is 19.2 Å². The van der Waals surface area contributed by atoms with Crippen LogP contribution in [0.15, 0.2) is 0 Å². The molecule has 3 atom stereocenters. The molecule has 1 fully saturated rings. The third-order valence-corrected chi connectivity index (χ3v) is 12.5. The molecule has 0 spiro atoms. The van der Waals surface area contributed by atoms with Gasteiger partial charge in [-0.1, -0.05) is 114 Å². The number of hydrogen-bond acceptors (Lipinski definition) is 7. The fraction of sp³-hybridized carbons (Fsp3) is 0.923. The molecular weight excluding hydrogens is 745 g/mol. The second-order valence-corrected chi connectivity index (χ2v) is 25.5. The van der Waals surface area contributed by atoms with E-state index in [0.29, 0.717) is 31.0 Å². The maximum Gasteiger partial charge on any atom is 0.222 e. The fourth-order valence-electron chi connectivity index (χ4n) is 10.4. The first kappa shape index (κ1) is 56.4. The van der Waals surface area contributed by atoms with E-state index in [-0.39, 0.29) is 39.3 Å². The summed E-state index contributed by atoms with van der Waals surface area (Å²) >= 11 is 0. The number of ketones is 3. The highest BCUT2D eigenvalue weighted by Crippen LogP contribution is 2.44. The Morgan fingerprint density at radius 2 is 1.02 bits per heavy atom. The average Bonchev–Trinajstić information content (AvgIpc) is 3.51. The minimum absolute atomic E-state index is 0.0550. The number of nitrogens with zero attached hydrogens (tertiary/aromatic N) is 2. The van der Waals surface area contributed by atoms with Gasteiger partial charge in [-0.15, -0.1) is 0 Å². The van der Waals surface area contributed by atoms with Crippen LogP contribution in [0.5, 0.6) is 0 Å². The van der Waals surface area contributed by atoms with Gasteiger partial charge in [0.1, 0.15) is 0 Å². The molecule has 0 aromatic carbocycles. The molecule has 1 saturated heterocycles. The molecule has 1 amide bonds. The molecule has 0 aromatic rings. The van der Waals surface area contributed by atoms with E-state index in [2.05, 4.69) is 119 Å². The van der Waals surface area contributed by atoms with E-state index in [9.17, 15) is 19.2 Å². The topological polar surface area (TPSA) is 98.8 Å². The number of unbranched alkanes of at least 4 members (excludes halogenated alkanes) is 7. The zero-order chi connectivity index (χ0) is 46.8. The summed E-state index contributed by atoms with van der Waals surface area (Å²) < 4.78 is 0. The smallest absolute Gasteiger partial charge is 0.222 e. The van der Waals surface area contributed by atoms with Crippen molar-refractivity contribution in [3.8, 4) is 0 Å². The second-order valence-electron chi connectivity index (χ2n) is 25.5. The number of likely N-dealkylation sites (tertiary alicyclic amines) is 1. The van der Waals surface area contributed by atoms with Gasteiger partial charge in [0, 0.05) is 52.9 Å². The van der Waals surface area contributed by atoms with Gasteiger partial charge >= 0.3 is 0 Å². The van der Waals surface area contributed by atoms with Crippen LogP contribution >= 0.6 is 0 Å². The fourth-order valence-corrected chi connectivity index (χ4v) is 10.4. The summed E-state index contributed by atoms with van der Waals surface area (Å²) in [5.74, 6) is 1.06. The highest BCUT2D eigenvalue weighted by atomic mass is 16.2. The van der Waals surface area contributed by atoms with Crippen LogP contribution in [0.4, 0.5) is 0 Å².